The first-order chi connectivity index (χ1) is 10.4. The Morgan fingerprint density at radius 3 is 2.45 bits per heavy atom. The van der Waals surface area contributed by atoms with Gasteiger partial charge in [0.1, 0.15) is 6.17 Å². The van der Waals surface area contributed by atoms with Gasteiger partial charge in [-0.25, -0.2) is 4.39 Å². The van der Waals surface area contributed by atoms with Crippen LogP contribution in [0.25, 0.3) is 0 Å². The fourth-order valence-corrected chi connectivity index (χ4v) is 7.62. The molecular weight excluding hydrogens is 299 g/mol. The molecule has 0 heterocycles. The minimum absolute atomic E-state index is 0.0857. The summed E-state index contributed by atoms with van der Waals surface area (Å²) in [7, 11) is 0. The summed E-state index contributed by atoms with van der Waals surface area (Å²) in [5, 5.41) is 9.78. The number of hydrogen-bond donors (Lipinski definition) is 1. The van der Waals surface area contributed by atoms with Gasteiger partial charge in [0, 0.05) is 5.41 Å². The third-order valence-electron chi connectivity index (χ3n) is 8.50. The van der Waals surface area contributed by atoms with E-state index in [4.69, 9.17) is 11.6 Å². The van der Waals surface area contributed by atoms with E-state index in [0.717, 1.165) is 38.0 Å². The van der Waals surface area contributed by atoms with Gasteiger partial charge in [-0.1, -0.05) is 13.8 Å². The van der Waals surface area contributed by atoms with Crippen LogP contribution >= 0.6 is 11.6 Å². The second kappa shape index (κ2) is 5.09. The average molecular weight is 329 g/mol. The Bertz CT molecular complexity index is 457. The molecule has 4 rings (SSSR count). The van der Waals surface area contributed by atoms with Crippen molar-refractivity contribution in [2.24, 2.45) is 34.5 Å². The van der Waals surface area contributed by atoms with E-state index in [1.165, 1.54) is 19.3 Å². The van der Waals surface area contributed by atoms with E-state index in [9.17, 15) is 9.50 Å². The minimum atomic E-state index is -0.821. The van der Waals surface area contributed by atoms with Crippen LogP contribution in [0.1, 0.15) is 65.2 Å². The molecule has 0 bridgehead atoms. The van der Waals surface area contributed by atoms with Gasteiger partial charge < -0.3 is 5.11 Å². The standard InChI is InChI=1S/C19H30ClFO/c1-18-7-5-12(22)9-11(18)3-4-13-14(18)6-8-19(2)15(13)10-16(20)17(19)21/h11-17,22H,3-10H2,1-2H3/t11?,12-,13?,14?,15?,16+,17?,18-,19-/m0/s1. The number of halogens is 2. The van der Waals surface area contributed by atoms with Gasteiger partial charge in [0.2, 0.25) is 0 Å². The molecule has 0 spiro atoms. The molecule has 1 N–H and O–H groups in total. The highest BCUT2D eigenvalue weighted by Crippen LogP contribution is 2.67. The lowest BCUT2D eigenvalue weighted by Gasteiger charge is -2.60. The molecule has 3 heteroatoms. The summed E-state index contributed by atoms with van der Waals surface area (Å²) in [5.74, 6) is 2.55. The van der Waals surface area contributed by atoms with Crippen LogP contribution in [-0.4, -0.2) is 22.8 Å². The molecule has 0 aliphatic heterocycles. The molecule has 1 nitrogen and oxygen atoms in total. The van der Waals surface area contributed by atoms with Crippen LogP contribution in [0.5, 0.6) is 0 Å². The molecule has 0 amide bonds. The fourth-order valence-electron chi connectivity index (χ4n) is 7.14. The molecule has 0 radical (unpaired) electrons. The molecule has 126 valence electrons. The number of aliphatic hydroxyl groups is 1. The predicted molar refractivity (Wildman–Crippen MR) is 87.7 cm³/mol. The van der Waals surface area contributed by atoms with Crippen LogP contribution in [0.4, 0.5) is 4.39 Å². The van der Waals surface area contributed by atoms with Gasteiger partial charge in [-0.15, -0.1) is 11.6 Å². The van der Waals surface area contributed by atoms with E-state index < -0.39 is 6.17 Å². The fraction of sp³-hybridized carbons (Fsp3) is 1.00. The van der Waals surface area contributed by atoms with Crippen molar-refractivity contribution in [1.82, 2.24) is 0 Å². The van der Waals surface area contributed by atoms with Crippen molar-refractivity contribution < 1.29 is 9.50 Å². The summed E-state index contributed by atoms with van der Waals surface area (Å²) < 4.78 is 14.7. The minimum Gasteiger partial charge on any atom is -0.393 e. The Balaban J connectivity index is 1.63. The summed E-state index contributed by atoms with van der Waals surface area (Å²) >= 11 is 6.34. The van der Waals surface area contributed by atoms with E-state index >= 15 is 0 Å². The van der Waals surface area contributed by atoms with Gasteiger partial charge in [-0.05, 0) is 80.5 Å². The quantitative estimate of drug-likeness (QED) is 0.624. The van der Waals surface area contributed by atoms with Crippen LogP contribution < -0.4 is 0 Å². The first-order valence-corrected chi connectivity index (χ1v) is 9.76. The van der Waals surface area contributed by atoms with Gasteiger partial charge in [0.25, 0.3) is 0 Å². The third kappa shape index (κ3) is 1.98. The van der Waals surface area contributed by atoms with Crippen molar-refractivity contribution in [2.75, 3.05) is 0 Å². The Labute approximate surface area is 139 Å². The topological polar surface area (TPSA) is 20.2 Å². The molecule has 9 atom stereocenters. The summed E-state index contributed by atoms with van der Waals surface area (Å²) in [4.78, 5) is 0. The zero-order valence-corrected chi connectivity index (χ0v) is 14.7. The van der Waals surface area contributed by atoms with Gasteiger partial charge in [0.05, 0.1) is 11.5 Å². The van der Waals surface area contributed by atoms with Gasteiger partial charge >= 0.3 is 0 Å². The smallest absolute Gasteiger partial charge is 0.122 e. The number of fused-ring (bicyclic) bond motifs is 5. The SMILES string of the molecule is C[C@]12CC[C@H](O)CC1CCC1C2CC[C@@]2(C)C1C[C@@H](Cl)C2F. The Morgan fingerprint density at radius 2 is 1.68 bits per heavy atom. The molecule has 0 aromatic heterocycles. The van der Waals surface area contributed by atoms with Crippen LogP contribution in [0.3, 0.4) is 0 Å². The summed E-state index contributed by atoms with van der Waals surface area (Å²) in [5.41, 5.74) is 0.199. The first kappa shape index (κ1) is 15.7. The molecule has 0 saturated heterocycles. The molecule has 0 aromatic carbocycles. The van der Waals surface area contributed by atoms with E-state index in [1.54, 1.807) is 0 Å². The summed E-state index contributed by atoms with van der Waals surface area (Å²) in [6.45, 7) is 4.64. The summed E-state index contributed by atoms with van der Waals surface area (Å²) in [6.07, 6.45) is 7.72. The third-order valence-corrected chi connectivity index (χ3v) is 8.90. The largest absolute Gasteiger partial charge is 0.393 e. The van der Waals surface area contributed by atoms with E-state index in [2.05, 4.69) is 13.8 Å². The van der Waals surface area contributed by atoms with E-state index in [0.29, 0.717) is 23.2 Å². The highest BCUT2D eigenvalue weighted by molar-refractivity contribution is 6.21. The normalized spacial score (nSPS) is 61.2. The lowest BCUT2D eigenvalue weighted by atomic mass is 9.45. The van der Waals surface area contributed by atoms with Crippen LogP contribution in [-0.2, 0) is 0 Å². The van der Waals surface area contributed by atoms with Crippen molar-refractivity contribution in [2.45, 2.75) is 82.9 Å². The van der Waals surface area contributed by atoms with Crippen molar-refractivity contribution in [3.8, 4) is 0 Å². The lowest BCUT2D eigenvalue weighted by Crippen LogP contribution is -2.54. The number of alkyl halides is 2. The van der Waals surface area contributed by atoms with Crippen LogP contribution in [0, 0.1) is 34.5 Å². The molecule has 4 aliphatic carbocycles. The summed E-state index contributed by atoms with van der Waals surface area (Å²) in [6, 6.07) is 0. The van der Waals surface area contributed by atoms with Crippen LogP contribution in [0.2, 0.25) is 0 Å². The number of hydrogen-bond acceptors (Lipinski definition) is 1. The average Bonchev–Trinajstić information content (AvgIpc) is 2.72. The molecule has 4 aliphatic rings. The van der Waals surface area contributed by atoms with Gasteiger partial charge in [0.15, 0.2) is 0 Å². The van der Waals surface area contributed by atoms with Crippen molar-refractivity contribution >= 4 is 11.6 Å². The zero-order valence-electron chi connectivity index (χ0n) is 13.9. The molecule has 4 fully saturated rings. The molecular formula is C19H30ClFO. The van der Waals surface area contributed by atoms with Crippen molar-refractivity contribution in [3.05, 3.63) is 0 Å². The first-order valence-electron chi connectivity index (χ1n) is 9.32. The lowest BCUT2D eigenvalue weighted by molar-refractivity contribution is -0.127. The predicted octanol–water partition coefficient (Wildman–Crippen LogP) is 4.95. The maximum atomic E-state index is 14.7. The van der Waals surface area contributed by atoms with Gasteiger partial charge in [-0.3, -0.25) is 0 Å². The highest BCUT2D eigenvalue weighted by atomic mass is 35.5. The molecule has 22 heavy (non-hydrogen) atoms. The molecule has 5 unspecified atom stereocenters. The van der Waals surface area contributed by atoms with E-state index in [1.807, 2.05) is 0 Å². The molecule has 4 saturated carbocycles. The monoisotopic (exact) mass is 328 g/mol. The Kier molecular flexibility index (Phi) is 3.63. The van der Waals surface area contributed by atoms with Crippen molar-refractivity contribution in [3.63, 3.8) is 0 Å². The Hall–Kier alpha value is 0.180. The second-order valence-electron chi connectivity index (χ2n) is 9.28. The number of aliphatic hydroxyl groups excluding tert-OH is 1. The maximum Gasteiger partial charge on any atom is 0.122 e. The zero-order chi connectivity index (χ0) is 15.7. The number of rotatable bonds is 0. The Morgan fingerprint density at radius 1 is 0.955 bits per heavy atom. The van der Waals surface area contributed by atoms with Gasteiger partial charge in [-0.2, -0.15) is 0 Å². The van der Waals surface area contributed by atoms with Crippen molar-refractivity contribution in [1.29, 1.82) is 0 Å². The molecule has 0 aromatic rings. The second-order valence-corrected chi connectivity index (χ2v) is 9.84. The maximum absolute atomic E-state index is 14.7. The van der Waals surface area contributed by atoms with E-state index in [-0.39, 0.29) is 16.9 Å². The highest BCUT2D eigenvalue weighted by Gasteiger charge is 2.62. The van der Waals surface area contributed by atoms with Crippen LogP contribution in [0.15, 0.2) is 0 Å².